The van der Waals surface area contributed by atoms with E-state index in [1.165, 1.54) is 0 Å². The van der Waals surface area contributed by atoms with E-state index < -0.39 is 0 Å². The van der Waals surface area contributed by atoms with Gasteiger partial charge in [-0.05, 0) is 30.7 Å². The summed E-state index contributed by atoms with van der Waals surface area (Å²) in [6.07, 6.45) is 1.60. The molecule has 0 atom stereocenters. The molecule has 0 radical (unpaired) electrons. The Hall–Kier alpha value is -2.40. The van der Waals surface area contributed by atoms with Gasteiger partial charge in [0.1, 0.15) is 5.69 Å². The molecule has 3 rings (SSSR count). The van der Waals surface area contributed by atoms with Crippen molar-refractivity contribution in [1.29, 1.82) is 0 Å². The minimum atomic E-state index is -0.194. The van der Waals surface area contributed by atoms with Crippen LogP contribution in [0.3, 0.4) is 0 Å². The van der Waals surface area contributed by atoms with Crippen molar-refractivity contribution in [1.82, 2.24) is 19.9 Å². The fourth-order valence-corrected chi connectivity index (χ4v) is 2.18. The molecule has 0 spiro atoms. The van der Waals surface area contributed by atoms with Gasteiger partial charge in [0.05, 0.1) is 5.69 Å². The van der Waals surface area contributed by atoms with Gasteiger partial charge < -0.3 is 5.32 Å². The van der Waals surface area contributed by atoms with Crippen molar-refractivity contribution in [3.05, 3.63) is 64.6 Å². The number of nitrogens with zero attached hydrogens (tertiary/aromatic N) is 3. The number of benzene rings is 1. The first-order valence-corrected chi connectivity index (χ1v) is 6.85. The molecule has 2 aromatic heterocycles. The molecule has 21 heavy (non-hydrogen) atoms. The first-order valence-electron chi connectivity index (χ1n) is 6.47. The van der Waals surface area contributed by atoms with Crippen molar-refractivity contribution >= 4 is 23.2 Å². The third kappa shape index (κ3) is 2.87. The number of aryl methyl sites for hydroxylation is 1. The molecule has 0 bridgehead atoms. The number of hydrogen-bond donors (Lipinski definition) is 1. The predicted molar refractivity (Wildman–Crippen MR) is 80.3 cm³/mol. The number of nitrogens with one attached hydrogen (secondary N) is 1. The van der Waals surface area contributed by atoms with E-state index in [0.29, 0.717) is 22.9 Å². The maximum absolute atomic E-state index is 12.3. The number of carbonyl (C=O) groups excluding carboxylic acids is 1. The zero-order chi connectivity index (χ0) is 14.8. The minimum Gasteiger partial charge on any atom is -0.347 e. The van der Waals surface area contributed by atoms with Gasteiger partial charge in [-0.15, -0.1) is 0 Å². The highest BCUT2D eigenvalue weighted by Gasteiger charge is 2.11. The maximum atomic E-state index is 12.3. The zero-order valence-electron chi connectivity index (χ0n) is 11.4. The average molecular weight is 301 g/mol. The van der Waals surface area contributed by atoms with Crippen molar-refractivity contribution < 1.29 is 4.79 Å². The monoisotopic (exact) mass is 300 g/mol. The number of carbonyl (C=O) groups is 1. The summed E-state index contributed by atoms with van der Waals surface area (Å²) in [6.45, 7) is 2.30. The second-order valence-corrected chi connectivity index (χ2v) is 5.13. The SMILES string of the molecule is Cc1cc2nccc(C(=O)NCc3ccc(Cl)cc3)n2n1. The van der Waals surface area contributed by atoms with Gasteiger partial charge in [-0.3, -0.25) is 4.79 Å². The number of aromatic nitrogens is 3. The highest BCUT2D eigenvalue weighted by molar-refractivity contribution is 6.30. The van der Waals surface area contributed by atoms with Crippen LogP contribution in [-0.4, -0.2) is 20.5 Å². The van der Waals surface area contributed by atoms with Gasteiger partial charge in [0.2, 0.25) is 0 Å². The summed E-state index contributed by atoms with van der Waals surface area (Å²) in [7, 11) is 0. The Kier molecular flexibility index (Phi) is 3.58. The third-order valence-corrected chi connectivity index (χ3v) is 3.33. The zero-order valence-corrected chi connectivity index (χ0v) is 12.1. The normalized spacial score (nSPS) is 10.8. The molecule has 0 fully saturated rings. The molecular formula is C15H13ClN4O. The molecule has 1 N–H and O–H groups in total. The standard InChI is InChI=1S/C15H13ClN4O/c1-10-8-14-17-7-6-13(20(14)19-10)15(21)18-9-11-2-4-12(16)5-3-11/h2-8H,9H2,1H3,(H,18,21). The van der Waals surface area contributed by atoms with E-state index in [4.69, 9.17) is 11.6 Å². The van der Waals surface area contributed by atoms with E-state index in [2.05, 4.69) is 15.4 Å². The quantitative estimate of drug-likeness (QED) is 0.809. The van der Waals surface area contributed by atoms with E-state index in [1.54, 1.807) is 28.9 Å². The van der Waals surface area contributed by atoms with Gasteiger partial charge in [-0.1, -0.05) is 23.7 Å². The minimum absolute atomic E-state index is 0.194. The molecule has 0 aliphatic heterocycles. The molecule has 6 heteroatoms. The Labute approximate surface area is 126 Å². The number of rotatable bonds is 3. The van der Waals surface area contributed by atoms with Crippen LogP contribution in [0.25, 0.3) is 5.65 Å². The topological polar surface area (TPSA) is 59.3 Å². The van der Waals surface area contributed by atoms with Gasteiger partial charge in [-0.25, -0.2) is 9.50 Å². The van der Waals surface area contributed by atoms with Gasteiger partial charge >= 0.3 is 0 Å². The number of fused-ring (bicyclic) bond motifs is 1. The van der Waals surface area contributed by atoms with Crippen LogP contribution < -0.4 is 5.32 Å². The smallest absolute Gasteiger partial charge is 0.270 e. The summed E-state index contributed by atoms with van der Waals surface area (Å²) < 4.78 is 1.55. The second-order valence-electron chi connectivity index (χ2n) is 4.69. The molecule has 0 saturated heterocycles. The molecular weight excluding hydrogens is 288 g/mol. The molecule has 1 aromatic carbocycles. The van der Waals surface area contributed by atoms with Crippen molar-refractivity contribution in [3.63, 3.8) is 0 Å². The van der Waals surface area contributed by atoms with Gasteiger partial charge in [0.15, 0.2) is 5.65 Å². The lowest BCUT2D eigenvalue weighted by Crippen LogP contribution is -2.25. The molecule has 5 nitrogen and oxygen atoms in total. The summed E-state index contributed by atoms with van der Waals surface area (Å²) in [5.41, 5.74) is 2.92. The lowest BCUT2D eigenvalue weighted by Gasteiger charge is -2.06. The Bertz CT molecular complexity index is 795. The lowest BCUT2D eigenvalue weighted by atomic mass is 10.2. The van der Waals surface area contributed by atoms with Crippen LogP contribution in [-0.2, 0) is 6.54 Å². The Balaban J connectivity index is 1.79. The van der Waals surface area contributed by atoms with E-state index in [-0.39, 0.29) is 5.91 Å². The number of amides is 1. The van der Waals surface area contributed by atoms with Crippen molar-refractivity contribution in [2.75, 3.05) is 0 Å². The van der Waals surface area contributed by atoms with Gasteiger partial charge in [-0.2, -0.15) is 5.10 Å². The Morgan fingerprint density at radius 3 is 2.81 bits per heavy atom. The van der Waals surface area contributed by atoms with Gasteiger partial charge in [0, 0.05) is 23.8 Å². The fraction of sp³-hybridized carbons (Fsp3) is 0.133. The highest BCUT2D eigenvalue weighted by Crippen LogP contribution is 2.10. The van der Waals surface area contributed by atoms with E-state index >= 15 is 0 Å². The van der Waals surface area contributed by atoms with Crippen LogP contribution in [0.4, 0.5) is 0 Å². The van der Waals surface area contributed by atoms with Gasteiger partial charge in [0.25, 0.3) is 5.91 Å². The van der Waals surface area contributed by atoms with Crippen molar-refractivity contribution in [3.8, 4) is 0 Å². The van der Waals surface area contributed by atoms with E-state index in [9.17, 15) is 4.79 Å². The second kappa shape index (κ2) is 5.54. The molecule has 0 aliphatic carbocycles. The molecule has 3 aromatic rings. The Morgan fingerprint density at radius 1 is 1.29 bits per heavy atom. The summed E-state index contributed by atoms with van der Waals surface area (Å²) in [4.78, 5) is 16.5. The molecule has 0 aliphatic rings. The van der Waals surface area contributed by atoms with Crippen LogP contribution >= 0.6 is 11.6 Å². The van der Waals surface area contributed by atoms with Crippen LogP contribution in [0, 0.1) is 6.92 Å². The largest absolute Gasteiger partial charge is 0.347 e. The van der Waals surface area contributed by atoms with Crippen LogP contribution in [0.15, 0.2) is 42.6 Å². The van der Waals surface area contributed by atoms with Crippen LogP contribution in [0.2, 0.25) is 5.02 Å². The summed E-state index contributed by atoms with van der Waals surface area (Å²) in [5.74, 6) is -0.194. The summed E-state index contributed by atoms with van der Waals surface area (Å²) in [6, 6.07) is 10.8. The van der Waals surface area contributed by atoms with E-state index in [1.807, 2.05) is 25.1 Å². The van der Waals surface area contributed by atoms with Crippen molar-refractivity contribution in [2.24, 2.45) is 0 Å². The molecule has 106 valence electrons. The molecule has 2 heterocycles. The first kappa shape index (κ1) is 13.6. The van der Waals surface area contributed by atoms with E-state index in [0.717, 1.165) is 11.3 Å². The third-order valence-electron chi connectivity index (χ3n) is 3.08. The fourth-order valence-electron chi connectivity index (χ4n) is 2.06. The van der Waals surface area contributed by atoms with Crippen LogP contribution in [0.5, 0.6) is 0 Å². The summed E-state index contributed by atoms with van der Waals surface area (Å²) in [5, 5.41) is 7.82. The molecule has 0 unspecified atom stereocenters. The van der Waals surface area contributed by atoms with Crippen LogP contribution in [0.1, 0.15) is 21.7 Å². The predicted octanol–water partition coefficient (Wildman–Crippen LogP) is 2.62. The molecule has 1 amide bonds. The van der Waals surface area contributed by atoms with Crippen molar-refractivity contribution in [2.45, 2.75) is 13.5 Å². The lowest BCUT2D eigenvalue weighted by molar-refractivity contribution is 0.0943. The first-order chi connectivity index (χ1) is 10.1. The highest BCUT2D eigenvalue weighted by atomic mass is 35.5. The average Bonchev–Trinajstić information content (AvgIpc) is 2.86. The maximum Gasteiger partial charge on any atom is 0.270 e. The number of hydrogen-bond acceptors (Lipinski definition) is 3. The summed E-state index contributed by atoms with van der Waals surface area (Å²) >= 11 is 5.83. The number of halogens is 1. The Morgan fingerprint density at radius 2 is 2.05 bits per heavy atom. The molecule has 0 saturated carbocycles.